The van der Waals surface area contributed by atoms with Gasteiger partial charge < -0.3 is 10.5 Å². The topological polar surface area (TPSA) is 61.0 Å². The molecule has 2 aromatic rings. The summed E-state index contributed by atoms with van der Waals surface area (Å²) in [5, 5.41) is 2.06. The van der Waals surface area contributed by atoms with E-state index in [1.54, 1.807) is 17.5 Å². The van der Waals surface area contributed by atoms with Crippen molar-refractivity contribution < 1.29 is 4.74 Å². The molecule has 0 amide bonds. The molecule has 2 aromatic heterocycles. The average Bonchev–Trinajstić information content (AvgIpc) is 2.76. The summed E-state index contributed by atoms with van der Waals surface area (Å²) in [6, 6.07) is 4.13. The van der Waals surface area contributed by atoms with Crippen molar-refractivity contribution in [3.63, 3.8) is 0 Å². The van der Waals surface area contributed by atoms with Crippen LogP contribution < -0.4 is 10.5 Å². The van der Waals surface area contributed by atoms with Gasteiger partial charge in [0.05, 0.1) is 6.61 Å². The molecule has 0 atom stereocenters. The monoisotopic (exact) mass is 235 g/mol. The number of nitrogens with zero attached hydrogens (tertiary/aromatic N) is 2. The van der Waals surface area contributed by atoms with Crippen LogP contribution in [0.3, 0.4) is 0 Å². The standard InChI is InChI=1S/C11H13N3OS/c1-8-7-13-11(12)14-10(8)15-5-4-9-3-2-6-16-9/h2-3,6-7H,4-5H2,1H3,(H2,12,13,14). The van der Waals surface area contributed by atoms with Crippen LogP contribution in [0.4, 0.5) is 5.95 Å². The fourth-order valence-electron chi connectivity index (χ4n) is 1.29. The van der Waals surface area contributed by atoms with Crippen LogP contribution in [0, 0.1) is 6.92 Å². The Balaban J connectivity index is 1.92. The summed E-state index contributed by atoms with van der Waals surface area (Å²) in [6.45, 7) is 2.51. The molecule has 2 heterocycles. The molecule has 0 radical (unpaired) electrons. The predicted molar refractivity (Wildman–Crippen MR) is 64.7 cm³/mol. The number of thiophene rings is 1. The van der Waals surface area contributed by atoms with Gasteiger partial charge in [-0.1, -0.05) is 6.07 Å². The lowest BCUT2D eigenvalue weighted by molar-refractivity contribution is 0.308. The van der Waals surface area contributed by atoms with E-state index in [9.17, 15) is 0 Å². The number of anilines is 1. The second-order valence-corrected chi connectivity index (χ2v) is 4.43. The lowest BCUT2D eigenvalue weighted by atomic mass is 10.3. The normalized spacial score (nSPS) is 10.3. The molecule has 84 valence electrons. The van der Waals surface area contributed by atoms with Crippen LogP contribution >= 0.6 is 11.3 Å². The van der Waals surface area contributed by atoms with Crippen LogP contribution in [0.2, 0.25) is 0 Å². The van der Waals surface area contributed by atoms with Crippen molar-refractivity contribution in [3.05, 3.63) is 34.2 Å². The van der Waals surface area contributed by atoms with Gasteiger partial charge in [-0.25, -0.2) is 4.98 Å². The summed E-state index contributed by atoms with van der Waals surface area (Å²) in [5.41, 5.74) is 6.40. The van der Waals surface area contributed by atoms with E-state index in [1.165, 1.54) is 4.88 Å². The molecule has 0 spiro atoms. The Morgan fingerprint density at radius 3 is 3.12 bits per heavy atom. The lowest BCUT2D eigenvalue weighted by Gasteiger charge is -2.06. The maximum absolute atomic E-state index is 5.57. The van der Waals surface area contributed by atoms with Crippen LogP contribution in [-0.4, -0.2) is 16.6 Å². The number of nitrogens with two attached hydrogens (primary N) is 1. The van der Waals surface area contributed by atoms with E-state index in [0.717, 1.165) is 12.0 Å². The van der Waals surface area contributed by atoms with Gasteiger partial charge in [-0.15, -0.1) is 11.3 Å². The summed E-state index contributed by atoms with van der Waals surface area (Å²) in [4.78, 5) is 9.23. The third-order valence-electron chi connectivity index (χ3n) is 2.11. The van der Waals surface area contributed by atoms with Crippen LogP contribution in [-0.2, 0) is 6.42 Å². The maximum atomic E-state index is 5.57. The fourth-order valence-corrected chi connectivity index (χ4v) is 1.98. The minimum atomic E-state index is 0.247. The van der Waals surface area contributed by atoms with Gasteiger partial charge in [0, 0.05) is 23.1 Å². The van der Waals surface area contributed by atoms with Gasteiger partial charge >= 0.3 is 0 Å². The van der Waals surface area contributed by atoms with Crippen molar-refractivity contribution in [2.45, 2.75) is 13.3 Å². The second-order valence-electron chi connectivity index (χ2n) is 3.39. The quantitative estimate of drug-likeness (QED) is 0.881. The van der Waals surface area contributed by atoms with Crippen molar-refractivity contribution in [2.24, 2.45) is 0 Å². The first kappa shape index (κ1) is 10.9. The van der Waals surface area contributed by atoms with Gasteiger partial charge in [0.25, 0.3) is 0 Å². The molecule has 0 saturated carbocycles. The van der Waals surface area contributed by atoms with Gasteiger partial charge in [-0.3, -0.25) is 0 Å². The Hall–Kier alpha value is -1.62. The molecule has 5 heteroatoms. The van der Waals surface area contributed by atoms with Crippen molar-refractivity contribution in [1.82, 2.24) is 9.97 Å². The summed E-state index contributed by atoms with van der Waals surface area (Å²) in [5.74, 6) is 0.820. The molecule has 0 aromatic carbocycles. The average molecular weight is 235 g/mol. The predicted octanol–water partition coefficient (Wildman–Crippen LogP) is 2.05. The highest BCUT2D eigenvalue weighted by Crippen LogP contribution is 2.15. The van der Waals surface area contributed by atoms with E-state index in [4.69, 9.17) is 10.5 Å². The zero-order chi connectivity index (χ0) is 11.4. The van der Waals surface area contributed by atoms with Crippen molar-refractivity contribution >= 4 is 17.3 Å². The van der Waals surface area contributed by atoms with Gasteiger partial charge in [0.1, 0.15) is 0 Å². The highest BCUT2D eigenvalue weighted by atomic mass is 32.1. The van der Waals surface area contributed by atoms with E-state index in [0.29, 0.717) is 12.5 Å². The summed E-state index contributed by atoms with van der Waals surface area (Å²) < 4.78 is 5.57. The van der Waals surface area contributed by atoms with Gasteiger partial charge in [0.2, 0.25) is 11.8 Å². The summed E-state index contributed by atoms with van der Waals surface area (Å²) >= 11 is 1.73. The Labute approximate surface area is 98.1 Å². The van der Waals surface area contributed by atoms with E-state index in [-0.39, 0.29) is 5.95 Å². The fraction of sp³-hybridized carbons (Fsp3) is 0.273. The van der Waals surface area contributed by atoms with Crippen molar-refractivity contribution in [1.29, 1.82) is 0 Å². The van der Waals surface area contributed by atoms with Crippen LogP contribution in [0.1, 0.15) is 10.4 Å². The molecule has 2 N–H and O–H groups in total. The number of hydrogen-bond donors (Lipinski definition) is 1. The number of hydrogen-bond acceptors (Lipinski definition) is 5. The van der Waals surface area contributed by atoms with Gasteiger partial charge in [0.15, 0.2) is 0 Å². The second kappa shape index (κ2) is 4.94. The Morgan fingerprint density at radius 2 is 2.38 bits per heavy atom. The smallest absolute Gasteiger partial charge is 0.223 e. The van der Waals surface area contributed by atoms with E-state index < -0.39 is 0 Å². The molecule has 0 aliphatic heterocycles. The van der Waals surface area contributed by atoms with E-state index in [2.05, 4.69) is 21.4 Å². The first-order chi connectivity index (χ1) is 7.75. The zero-order valence-corrected chi connectivity index (χ0v) is 9.83. The van der Waals surface area contributed by atoms with E-state index >= 15 is 0 Å². The number of rotatable bonds is 4. The number of aromatic nitrogens is 2. The van der Waals surface area contributed by atoms with Crippen LogP contribution in [0.15, 0.2) is 23.7 Å². The highest BCUT2D eigenvalue weighted by molar-refractivity contribution is 7.09. The number of aryl methyl sites for hydroxylation is 1. The molecule has 0 fully saturated rings. The Morgan fingerprint density at radius 1 is 1.50 bits per heavy atom. The molecule has 16 heavy (non-hydrogen) atoms. The molecule has 0 saturated heterocycles. The van der Waals surface area contributed by atoms with Crippen molar-refractivity contribution in [3.8, 4) is 5.88 Å². The molecule has 0 aliphatic rings. The van der Waals surface area contributed by atoms with Crippen molar-refractivity contribution in [2.75, 3.05) is 12.3 Å². The Bertz CT molecular complexity index is 456. The minimum Gasteiger partial charge on any atom is -0.477 e. The molecular weight excluding hydrogens is 222 g/mol. The molecule has 2 rings (SSSR count). The highest BCUT2D eigenvalue weighted by Gasteiger charge is 2.03. The number of ether oxygens (including phenoxy) is 1. The van der Waals surface area contributed by atoms with E-state index in [1.807, 2.05) is 13.0 Å². The maximum Gasteiger partial charge on any atom is 0.223 e. The van der Waals surface area contributed by atoms with Crippen LogP contribution in [0.5, 0.6) is 5.88 Å². The SMILES string of the molecule is Cc1cnc(N)nc1OCCc1cccs1. The molecule has 0 unspecified atom stereocenters. The molecule has 0 bridgehead atoms. The molecule has 4 nitrogen and oxygen atoms in total. The number of nitrogen functional groups attached to an aromatic ring is 1. The first-order valence-electron chi connectivity index (χ1n) is 5.00. The Kier molecular flexibility index (Phi) is 3.36. The van der Waals surface area contributed by atoms with Gasteiger partial charge in [-0.05, 0) is 18.4 Å². The largest absolute Gasteiger partial charge is 0.477 e. The van der Waals surface area contributed by atoms with Crippen LogP contribution in [0.25, 0.3) is 0 Å². The summed E-state index contributed by atoms with van der Waals surface area (Å²) in [6.07, 6.45) is 2.56. The lowest BCUT2D eigenvalue weighted by Crippen LogP contribution is -2.05. The van der Waals surface area contributed by atoms with Gasteiger partial charge in [-0.2, -0.15) is 4.98 Å². The molecular formula is C11H13N3OS. The minimum absolute atomic E-state index is 0.247. The summed E-state index contributed by atoms with van der Waals surface area (Å²) in [7, 11) is 0. The molecule has 0 aliphatic carbocycles. The first-order valence-corrected chi connectivity index (χ1v) is 5.88. The third-order valence-corrected chi connectivity index (χ3v) is 3.05. The zero-order valence-electron chi connectivity index (χ0n) is 9.01. The third kappa shape index (κ3) is 2.70.